The molecule has 0 N–H and O–H groups in total. The zero-order valence-electron chi connectivity index (χ0n) is 17.3. The summed E-state index contributed by atoms with van der Waals surface area (Å²) in [5.74, 6) is 0. The number of rotatable bonds is 6. The molecule has 0 atom stereocenters. The highest BCUT2D eigenvalue weighted by molar-refractivity contribution is 7.80. The van der Waals surface area contributed by atoms with Gasteiger partial charge in [0.2, 0.25) is 0 Å². The minimum absolute atomic E-state index is 0.156. The van der Waals surface area contributed by atoms with E-state index < -0.39 is 0 Å². The molecule has 4 aromatic rings. The van der Waals surface area contributed by atoms with Crippen molar-refractivity contribution >= 4 is 69.2 Å². The normalized spacial score (nSPS) is 10.7. The lowest BCUT2D eigenvalue weighted by molar-refractivity contribution is 0.111. The third-order valence-electron chi connectivity index (χ3n) is 5.31. The monoisotopic (exact) mass is 441 g/mol. The van der Waals surface area contributed by atoms with Crippen LogP contribution >= 0.6 is 12.2 Å². The molecule has 5 nitrogen and oxygen atoms in total. The second-order valence-corrected chi connectivity index (χ2v) is 7.41. The predicted octanol–water partition coefficient (Wildman–Crippen LogP) is 5.89. The number of anilines is 2. The van der Waals surface area contributed by atoms with Crippen LogP contribution in [0.25, 0.3) is 21.5 Å². The van der Waals surface area contributed by atoms with Gasteiger partial charge < -0.3 is 4.74 Å². The fourth-order valence-corrected chi connectivity index (χ4v) is 4.26. The van der Waals surface area contributed by atoms with Gasteiger partial charge in [0, 0.05) is 27.5 Å². The van der Waals surface area contributed by atoms with E-state index in [9.17, 15) is 14.4 Å². The van der Waals surface area contributed by atoms with Gasteiger partial charge in [0.05, 0.1) is 18.0 Å². The maximum Gasteiger partial charge on any atom is 0.268 e. The van der Waals surface area contributed by atoms with Gasteiger partial charge in [-0.3, -0.25) is 19.3 Å². The van der Waals surface area contributed by atoms with Crippen molar-refractivity contribution in [2.24, 2.45) is 0 Å². The van der Waals surface area contributed by atoms with Crippen molar-refractivity contribution in [3.05, 3.63) is 83.4 Å². The maximum atomic E-state index is 12.1. The molecule has 0 aliphatic heterocycles. The molecule has 0 heterocycles. The first-order valence-electron chi connectivity index (χ1n) is 10.0. The fourth-order valence-electron chi connectivity index (χ4n) is 3.95. The van der Waals surface area contributed by atoms with Gasteiger partial charge >= 0.3 is 0 Å². The molecule has 4 rings (SSSR count). The molecule has 0 saturated heterocycles. The summed E-state index contributed by atoms with van der Waals surface area (Å²) in [4.78, 5) is 37.2. The summed E-state index contributed by atoms with van der Waals surface area (Å²) in [6.45, 7) is 2.16. The van der Waals surface area contributed by atoms with Gasteiger partial charge in [0.1, 0.15) is 0 Å². The van der Waals surface area contributed by atoms with Gasteiger partial charge in [0.15, 0.2) is 18.9 Å². The summed E-state index contributed by atoms with van der Waals surface area (Å²) in [5, 5.41) is 3.07. The first kappa shape index (κ1) is 21.3. The van der Waals surface area contributed by atoms with Crippen LogP contribution in [-0.2, 0) is 4.74 Å². The average Bonchev–Trinajstić information content (AvgIpc) is 2.84. The van der Waals surface area contributed by atoms with Crippen LogP contribution in [0.3, 0.4) is 0 Å². The summed E-state index contributed by atoms with van der Waals surface area (Å²) in [7, 11) is 0. The SMILES string of the molecule is CCOC(=S)N(c1ccc(C=O)c2ccccc12)c1c(C=O)cc(C=O)c2ccccc12. The van der Waals surface area contributed by atoms with Gasteiger partial charge in [-0.15, -0.1) is 0 Å². The average molecular weight is 442 g/mol. The molecule has 0 aliphatic carbocycles. The van der Waals surface area contributed by atoms with Crippen LogP contribution in [0.5, 0.6) is 0 Å². The quantitative estimate of drug-likeness (QED) is 0.275. The van der Waals surface area contributed by atoms with E-state index in [4.69, 9.17) is 17.0 Å². The van der Waals surface area contributed by atoms with Gasteiger partial charge in [-0.2, -0.15) is 0 Å². The van der Waals surface area contributed by atoms with Crippen LogP contribution in [0.2, 0.25) is 0 Å². The Morgan fingerprint density at radius 2 is 1.34 bits per heavy atom. The van der Waals surface area contributed by atoms with E-state index in [2.05, 4.69) is 0 Å². The lowest BCUT2D eigenvalue weighted by Gasteiger charge is -2.29. The van der Waals surface area contributed by atoms with Crippen LogP contribution in [0.1, 0.15) is 38.0 Å². The number of ether oxygens (including phenoxy) is 1. The zero-order chi connectivity index (χ0) is 22.7. The molecule has 0 aliphatic rings. The number of hydrogen-bond donors (Lipinski definition) is 0. The highest BCUT2D eigenvalue weighted by Crippen LogP contribution is 2.40. The summed E-state index contributed by atoms with van der Waals surface area (Å²) in [6.07, 6.45) is 2.25. The second kappa shape index (κ2) is 9.08. The molecule has 0 fully saturated rings. The molecule has 158 valence electrons. The van der Waals surface area contributed by atoms with Crippen molar-refractivity contribution in [3.63, 3.8) is 0 Å². The minimum Gasteiger partial charge on any atom is -0.471 e. The standard InChI is InChI=1S/C26H19NO4S/c1-2-31-26(32)27(24-12-11-17(14-28)20-7-3-5-9-22(20)24)25-19(16-30)13-18(15-29)21-8-4-6-10-23(21)25/h3-16H,2H2,1H3. The summed E-state index contributed by atoms with van der Waals surface area (Å²) in [6, 6.07) is 19.9. The van der Waals surface area contributed by atoms with Gasteiger partial charge in [0.25, 0.3) is 5.17 Å². The summed E-state index contributed by atoms with van der Waals surface area (Å²) >= 11 is 5.64. The molecule has 32 heavy (non-hydrogen) atoms. The summed E-state index contributed by atoms with van der Waals surface area (Å²) in [5.41, 5.74) is 2.44. The van der Waals surface area contributed by atoms with E-state index in [-0.39, 0.29) is 5.17 Å². The maximum absolute atomic E-state index is 12.1. The molecule has 0 unspecified atom stereocenters. The van der Waals surface area contributed by atoms with Gasteiger partial charge in [-0.25, -0.2) is 0 Å². The number of benzene rings is 4. The molecule has 0 amide bonds. The Bertz CT molecular complexity index is 1380. The Labute approximate surface area is 190 Å². The van der Waals surface area contributed by atoms with E-state index in [1.807, 2.05) is 55.5 Å². The minimum atomic E-state index is 0.156. The van der Waals surface area contributed by atoms with Crippen molar-refractivity contribution in [1.29, 1.82) is 0 Å². The van der Waals surface area contributed by atoms with Crippen molar-refractivity contribution < 1.29 is 19.1 Å². The number of carbonyl (C=O) groups excluding carboxylic acids is 3. The molecule has 0 aromatic heterocycles. The molecule has 0 radical (unpaired) electrons. The van der Waals surface area contributed by atoms with E-state index in [1.54, 1.807) is 23.1 Å². The van der Waals surface area contributed by atoms with Crippen molar-refractivity contribution in [3.8, 4) is 0 Å². The van der Waals surface area contributed by atoms with Crippen molar-refractivity contribution in [2.75, 3.05) is 11.5 Å². The Hall–Kier alpha value is -3.90. The molecular formula is C26H19NO4S. The largest absolute Gasteiger partial charge is 0.471 e. The van der Waals surface area contributed by atoms with Crippen LogP contribution in [0.15, 0.2) is 66.7 Å². The predicted molar refractivity (Wildman–Crippen MR) is 130 cm³/mol. The number of nitrogens with zero attached hydrogens (tertiary/aromatic N) is 1. The van der Waals surface area contributed by atoms with E-state index in [0.29, 0.717) is 51.7 Å². The lowest BCUT2D eigenvalue weighted by atomic mass is 9.97. The molecular weight excluding hydrogens is 422 g/mol. The van der Waals surface area contributed by atoms with E-state index >= 15 is 0 Å². The Morgan fingerprint density at radius 3 is 1.94 bits per heavy atom. The third kappa shape index (κ3) is 3.55. The molecule has 6 heteroatoms. The smallest absolute Gasteiger partial charge is 0.268 e. The fraction of sp³-hybridized carbons (Fsp3) is 0.0769. The van der Waals surface area contributed by atoms with E-state index in [1.165, 1.54) is 0 Å². The van der Waals surface area contributed by atoms with E-state index in [0.717, 1.165) is 23.3 Å². The van der Waals surface area contributed by atoms with Crippen molar-refractivity contribution in [2.45, 2.75) is 6.92 Å². The van der Waals surface area contributed by atoms with Crippen LogP contribution in [0, 0.1) is 0 Å². The highest BCUT2D eigenvalue weighted by Gasteiger charge is 2.25. The first-order chi connectivity index (χ1) is 15.6. The zero-order valence-corrected chi connectivity index (χ0v) is 18.1. The van der Waals surface area contributed by atoms with Gasteiger partial charge in [-0.05, 0) is 48.1 Å². The third-order valence-corrected chi connectivity index (χ3v) is 5.61. The van der Waals surface area contributed by atoms with Gasteiger partial charge in [-0.1, -0.05) is 48.5 Å². The number of carbonyl (C=O) groups is 3. The van der Waals surface area contributed by atoms with Crippen LogP contribution in [-0.4, -0.2) is 30.6 Å². The van der Waals surface area contributed by atoms with Crippen LogP contribution in [0.4, 0.5) is 11.4 Å². The molecule has 4 aromatic carbocycles. The Morgan fingerprint density at radius 1 is 0.781 bits per heavy atom. The molecule has 0 spiro atoms. The number of thiocarbonyl (C=S) groups is 1. The molecule has 0 bridgehead atoms. The van der Waals surface area contributed by atoms with Crippen molar-refractivity contribution in [1.82, 2.24) is 0 Å². The first-order valence-corrected chi connectivity index (χ1v) is 10.4. The number of fused-ring (bicyclic) bond motifs is 2. The number of aldehydes is 3. The number of hydrogen-bond acceptors (Lipinski definition) is 5. The Balaban J connectivity index is 2.13. The topological polar surface area (TPSA) is 63.7 Å². The van der Waals surface area contributed by atoms with Crippen LogP contribution < -0.4 is 4.90 Å². The molecule has 0 saturated carbocycles. The lowest BCUT2D eigenvalue weighted by Crippen LogP contribution is -2.28. The second-order valence-electron chi connectivity index (χ2n) is 7.06. The Kier molecular flexibility index (Phi) is 6.05. The summed E-state index contributed by atoms with van der Waals surface area (Å²) < 4.78 is 5.73. The highest BCUT2D eigenvalue weighted by atomic mass is 32.1.